The molecule has 1 aliphatic heterocycles. The van der Waals surface area contributed by atoms with Gasteiger partial charge in [-0.25, -0.2) is 9.97 Å². The topological polar surface area (TPSA) is 98.5 Å². The molecule has 194 valence electrons. The van der Waals surface area contributed by atoms with Crippen molar-refractivity contribution in [3.8, 4) is 0 Å². The highest BCUT2D eigenvalue weighted by atomic mass is 16.3. The van der Waals surface area contributed by atoms with E-state index in [-0.39, 0.29) is 12.0 Å². The maximum absolute atomic E-state index is 10.9. The van der Waals surface area contributed by atoms with Crippen molar-refractivity contribution in [1.29, 1.82) is 0 Å². The first-order chi connectivity index (χ1) is 18.1. The lowest BCUT2D eigenvalue weighted by Gasteiger charge is -2.41. The van der Waals surface area contributed by atoms with E-state index in [0.717, 1.165) is 62.4 Å². The van der Waals surface area contributed by atoms with Crippen LogP contribution in [0.5, 0.6) is 0 Å². The van der Waals surface area contributed by atoms with Gasteiger partial charge in [0.05, 0.1) is 17.5 Å². The smallest absolute Gasteiger partial charge is 0.145 e. The molecule has 0 radical (unpaired) electrons. The molecule has 4 aromatic rings. The molecule has 8 heteroatoms. The van der Waals surface area contributed by atoms with Crippen molar-refractivity contribution in [3.63, 3.8) is 0 Å². The summed E-state index contributed by atoms with van der Waals surface area (Å²) in [7, 11) is 1.84. The van der Waals surface area contributed by atoms with Gasteiger partial charge in [-0.05, 0) is 47.7 Å². The summed E-state index contributed by atoms with van der Waals surface area (Å²) in [6, 6.07) is 17.0. The van der Waals surface area contributed by atoms with Crippen molar-refractivity contribution >= 4 is 27.6 Å². The zero-order valence-corrected chi connectivity index (χ0v) is 21.3. The van der Waals surface area contributed by atoms with E-state index in [1.807, 2.05) is 23.9 Å². The minimum absolute atomic E-state index is 0.0462. The molecule has 0 unspecified atom stereocenters. The second kappa shape index (κ2) is 10.4. The fourth-order valence-corrected chi connectivity index (χ4v) is 6.21. The number of aliphatic hydroxyl groups is 2. The van der Waals surface area contributed by atoms with E-state index in [4.69, 9.17) is 0 Å². The van der Waals surface area contributed by atoms with Crippen LogP contribution in [0.1, 0.15) is 18.0 Å². The van der Waals surface area contributed by atoms with Crippen LogP contribution < -0.4 is 10.6 Å². The first-order valence-corrected chi connectivity index (χ1v) is 13.4. The Morgan fingerprint density at radius 1 is 1.00 bits per heavy atom. The van der Waals surface area contributed by atoms with E-state index in [1.165, 1.54) is 22.7 Å². The molecule has 1 aliphatic carbocycles. The first-order valence-electron chi connectivity index (χ1n) is 13.4. The van der Waals surface area contributed by atoms with E-state index >= 15 is 0 Å². The van der Waals surface area contributed by atoms with Gasteiger partial charge < -0.3 is 30.3 Å². The SMILES string of the molecule is CNc1ncnc2c1ccn2[C@@H]1C[C@H](CN2CC(CNCCc3ccc4ccccc4c3)C2)[C@@H](O)[C@H]1O. The summed E-state index contributed by atoms with van der Waals surface area (Å²) in [5.41, 5.74) is 2.16. The maximum atomic E-state index is 10.9. The van der Waals surface area contributed by atoms with Crippen LogP contribution in [0, 0.1) is 11.8 Å². The van der Waals surface area contributed by atoms with Crippen LogP contribution in [-0.2, 0) is 6.42 Å². The van der Waals surface area contributed by atoms with Gasteiger partial charge in [0.15, 0.2) is 0 Å². The lowest BCUT2D eigenvalue weighted by atomic mass is 9.96. The summed E-state index contributed by atoms with van der Waals surface area (Å²) in [6.45, 7) is 4.90. The standard InChI is InChI=1S/C29H36N6O2/c1-30-28-24-9-11-35(29(24)33-18-32-28)25-13-23(26(36)27(25)37)17-34-15-20(16-34)14-31-10-8-19-6-7-21-4-2-3-5-22(21)12-19/h2-7,9,11-12,18,20,23,25-27,31,36-37H,8,10,13-17H2,1H3,(H,30,32,33)/t23-,25-,26-,27+/m1/s1. The number of hydrogen-bond donors (Lipinski definition) is 4. The molecule has 1 saturated heterocycles. The van der Waals surface area contributed by atoms with E-state index in [1.54, 1.807) is 0 Å². The van der Waals surface area contributed by atoms with Crippen molar-refractivity contribution in [2.45, 2.75) is 31.1 Å². The number of nitrogens with one attached hydrogen (secondary N) is 2. The van der Waals surface area contributed by atoms with Crippen LogP contribution in [0.4, 0.5) is 5.82 Å². The molecule has 0 bridgehead atoms. The Bertz CT molecular complexity index is 1370. The van der Waals surface area contributed by atoms with Gasteiger partial charge in [0.2, 0.25) is 0 Å². The molecule has 4 N–H and O–H groups in total. The molecule has 2 fully saturated rings. The molecule has 37 heavy (non-hydrogen) atoms. The monoisotopic (exact) mass is 500 g/mol. The van der Waals surface area contributed by atoms with Crippen molar-refractivity contribution in [3.05, 3.63) is 66.6 Å². The molecule has 4 atom stereocenters. The van der Waals surface area contributed by atoms with Crippen molar-refractivity contribution in [2.75, 3.05) is 45.1 Å². The van der Waals surface area contributed by atoms with Crippen molar-refractivity contribution < 1.29 is 10.2 Å². The number of nitrogens with zero attached hydrogens (tertiary/aromatic N) is 4. The van der Waals surface area contributed by atoms with Crippen LogP contribution in [0.15, 0.2) is 61.1 Å². The lowest BCUT2D eigenvalue weighted by Crippen LogP contribution is -2.53. The van der Waals surface area contributed by atoms with E-state index in [9.17, 15) is 10.2 Å². The third-order valence-electron chi connectivity index (χ3n) is 8.24. The number of anilines is 1. The highest BCUT2D eigenvalue weighted by Gasteiger charge is 2.44. The molecule has 1 saturated carbocycles. The normalized spacial score (nSPS) is 24.6. The Hall–Kier alpha value is -3.04. The molecule has 2 aromatic heterocycles. The average Bonchev–Trinajstić information content (AvgIpc) is 3.45. The average molecular weight is 501 g/mol. The molecule has 0 amide bonds. The summed E-state index contributed by atoms with van der Waals surface area (Å²) in [5, 5.41) is 32.0. The predicted molar refractivity (Wildman–Crippen MR) is 147 cm³/mol. The maximum Gasteiger partial charge on any atom is 0.145 e. The molecule has 8 nitrogen and oxygen atoms in total. The Morgan fingerprint density at radius 3 is 2.68 bits per heavy atom. The van der Waals surface area contributed by atoms with E-state index < -0.39 is 12.2 Å². The molecular weight excluding hydrogens is 464 g/mol. The summed E-state index contributed by atoms with van der Waals surface area (Å²) >= 11 is 0. The molecule has 2 aliphatic rings. The number of hydrogen-bond acceptors (Lipinski definition) is 7. The Balaban J connectivity index is 0.965. The summed E-state index contributed by atoms with van der Waals surface area (Å²) in [4.78, 5) is 11.1. The van der Waals surface area contributed by atoms with Gasteiger partial charge in [0, 0.05) is 45.3 Å². The van der Waals surface area contributed by atoms with E-state index in [0.29, 0.717) is 5.92 Å². The number of rotatable bonds is 9. The van der Waals surface area contributed by atoms with Crippen molar-refractivity contribution in [1.82, 2.24) is 24.8 Å². The first kappa shape index (κ1) is 24.3. The van der Waals surface area contributed by atoms with Gasteiger partial charge in [-0.2, -0.15) is 0 Å². The highest BCUT2D eigenvalue weighted by Crippen LogP contribution is 2.39. The summed E-state index contributed by atoms with van der Waals surface area (Å²) < 4.78 is 2.00. The molecule has 0 spiro atoms. The van der Waals surface area contributed by atoms with Crippen LogP contribution >= 0.6 is 0 Å². The van der Waals surface area contributed by atoms with Crippen molar-refractivity contribution in [2.24, 2.45) is 11.8 Å². The van der Waals surface area contributed by atoms with Crippen LogP contribution in [0.3, 0.4) is 0 Å². The molecular formula is C29H36N6O2. The predicted octanol–water partition coefficient (Wildman–Crippen LogP) is 2.67. The van der Waals surface area contributed by atoms with Gasteiger partial charge in [-0.1, -0.05) is 42.5 Å². The third kappa shape index (κ3) is 4.82. The number of likely N-dealkylation sites (tertiary alicyclic amines) is 1. The molecule has 2 aromatic carbocycles. The molecule has 6 rings (SSSR count). The Kier molecular flexibility index (Phi) is 6.82. The zero-order chi connectivity index (χ0) is 25.4. The van der Waals surface area contributed by atoms with Gasteiger partial charge in [0.25, 0.3) is 0 Å². The van der Waals surface area contributed by atoms with Gasteiger partial charge in [-0.3, -0.25) is 0 Å². The zero-order valence-electron chi connectivity index (χ0n) is 21.3. The fraction of sp³-hybridized carbons (Fsp3) is 0.448. The van der Waals surface area contributed by atoms with Gasteiger partial charge in [0.1, 0.15) is 23.9 Å². The second-order valence-corrected chi connectivity index (χ2v) is 10.7. The number of fused-ring (bicyclic) bond motifs is 2. The number of benzene rings is 2. The third-order valence-corrected chi connectivity index (χ3v) is 8.24. The molecule has 3 heterocycles. The lowest BCUT2D eigenvalue weighted by molar-refractivity contribution is -0.0103. The number of aliphatic hydroxyl groups excluding tert-OH is 2. The second-order valence-electron chi connectivity index (χ2n) is 10.7. The summed E-state index contributed by atoms with van der Waals surface area (Å²) in [6.07, 6.45) is 3.72. The highest BCUT2D eigenvalue weighted by molar-refractivity contribution is 5.87. The number of aromatic nitrogens is 3. The van der Waals surface area contributed by atoms with E-state index in [2.05, 4.69) is 68.0 Å². The largest absolute Gasteiger partial charge is 0.390 e. The Morgan fingerprint density at radius 2 is 1.84 bits per heavy atom. The van der Waals surface area contributed by atoms with Gasteiger partial charge >= 0.3 is 0 Å². The minimum Gasteiger partial charge on any atom is -0.390 e. The van der Waals surface area contributed by atoms with Crippen LogP contribution in [0.25, 0.3) is 21.8 Å². The minimum atomic E-state index is -0.803. The Labute approximate surface area is 217 Å². The van der Waals surface area contributed by atoms with Crippen LogP contribution in [0.2, 0.25) is 0 Å². The summed E-state index contributed by atoms with van der Waals surface area (Å²) in [5.74, 6) is 1.46. The van der Waals surface area contributed by atoms with Gasteiger partial charge in [-0.15, -0.1) is 0 Å². The fourth-order valence-electron chi connectivity index (χ4n) is 6.21. The van der Waals surface area contributed by atoms with Crippen LogP contribution in [-0.4, -0.2) is 81.6 Å². The quantitative estimate of drug-likeness (QED) is 0.262.